The molecular formula is C10H19NO. The first kappa shape index (κ1) is 8.52. The number of nitrogens with two attached hydrogens (primary N) is 1. The van der Waals surface area contributed by atoms with Gasteiger partial charge in [-0.05, 0) is 50.5 Å². The van der Waals surface area contributed by atoms with E-state index in [-0.39, 0.29) is 0 Å². The maximum atomic E-state index is 5.75. The van der Waals surface area contributed by atoms with Crippen LogP contribution in [0.5, 0.6) is 0 Å². The lowest BCUT2D eigenvalue weighted by Gasteiger charge is -2.19. The summed E-state index contributed by atoms with van der Waals surface area (Å²) in [5, 5.41) is 0. The monoisotopic (exact) mass is 169 g/mol. The Hall–Kier alpha value is -0.0800. The Morgan fingerprint density at radius 3 is 2.67 bits per heavy atom. The molecule has 0 bridgehead atoms. The molecule has 0 spiro atoms. The van der Waals surface area contributed by atoms with Gasteiger partial charge in [-0.15, -0.1) is 0 Å². The van der Waals surface area contributed by atoms with E-state index in [4.69, 9.17) is 10.5 Å². The summed E-state index contributed by atoms with van der Waals surface area (Å²) in [6.45, 7) is 4.05. The van der Waals surface area contributed by atoms with Crippen molar-refractivity contribution in [1.29, 1.82) is 0 Å². The van der Waals surface area contributed by atoms with Crippen molar-refractivity contribution in [1.82, 2.24) is 0 Å². The molecule has 2 fully saturated rings. The zero-order valence-electron chi connectivity index (χ0n) is 7.88. The molecule has 1 aliphatic heterocycles. The van der Waals surface area contributed by atoms with E-state index in [0.717, 1.165) is 19.1 Å². The molecule has 1 saturated heterocycles. The molecule has 70 valence electrons. The third-order valence-corrected chi connectivity index (χ3v) is 3.62. The molecule has 0 radical (unpaired) electrons. The molecule has 12 heavy (non-hydrogen) atoms. The zero-order valence-corrected chi connectivity index (χ0v) is 7.88. The molecule has 1 saturated carbocycles. The van der Waals surface area contributed by atoms with Gasteiger partial charge in [-0.25, -0.2) is 0 Å². The minimum Gasteiger partial charge on any atom is -0.378 e. The van der Waals surface area contributed by atoms with Crippen LogP contribution in [-0.4, -0.2) is 19.3 Å². The SMILES string of the molecule is CC1OCCC1CC1(CN)CC1. The highest BCUT2D eigenvalue weighted by Gasteiger charge is 2.44. The lowest BCUT2D eigenvalue weighted by molar-refractivity contribution is 0.0981. The van der Waals surface area contributed by atoms with Crippen LogP contribution in [0.4, 0.5) is 0 Å². The number of hydrogen-bond donors (Lipinski definition) is 1. The summed E-state index contributed by atoms with van der Waals surface area (Å²) in [7, 11) is 0. The Labute approximate surface area is 74.5 Å². The highest BCUT2D eigenvalue weighted by Crippen LogP contribution is 2.51. The van der Waals surface area contributed by atoms with E-state index in [1.165, 1.54) is 25.7 Å². The summed E-state index contributed by atoms with van der Waals surface area (Å²) in [6, 6.07) is 0. The van der Waals surface area contributed by atoms with Crippen LogP contribution in [-0.2, 0) is 4.74 Å². The van der Waals surface area contributed by atoms with Gasteiger partial charge in [0.15, 0.2) is 0 Å². The first-order valence-electron chi connectivity index (χ1n) is 5.07. The molecule has 1 heterocycles. The molecule has 2 unspecified atom stereocenters. The number of hydrogen-bond acceptors (Lipinski definition) is 2. The lowest BCUT2D eigenvalue weighted by atomic mass is 9.88. The Kier molecular flexibility index (Phi) is 2.13. The van der Waals surface area contributed by atoms with Crippen LogP contribution in [0.3, 0.4) is 0 Å². The molecule has 1 aliphatic carbocycles. The van der Waals surface area contributed by atoms with Gasteiger partial charge < -0.3 is 10.5 Å². The van der Waals surface area contributed by atoms with Gasteiger partial charge in [0.1, 0.15) is 0 Å². The lowest BCUT2D eigenvalue weighted by Crippen LogP contribution is -2.22. The van der Waals surface area contributed by atoms with Gasteiger partial charge in [-0.2, -0.15) is 0 Å². The molecule has 2 aliphatic rings. The Bertz CT molecular complexity index is 165. The van der Waals surface area contributed by atoms with Crippen molar-refractivity contribution in [3.8, 4) is 0 Å². The van der Waals surface area contributed by atoms with Crippen LogP contribution in [0.1, 0.15) is 32.6 Å². The predicted molar refractivity (Wildman–Crippen MR) is 48.9 cm³/mol. The summed E-state index contributed by atoms with van der Waals surface area (Å²) < 4.78 is 5.54. The average Bonchev–Trinajstić information content (AvgIpc) is 2.74. The van der Waals surface area contributed by atoms with Gasteiger partial charge in [0.25, 0.3) is 0 Å². The van der Waals surface area contributed by atoms with Crippen molar-refractivity contribution in [2.24, 2.45) is 17.1 Å². The highest BCUT2D eigenvalue weighted by molar-refractivity contribution is 4.96. The maximum Gasteiger partial charge on any atom is 0.0576 e. The first-order valence-corrected chi connectivity index (χ1v) is 5.07. The summed E-state index contributed by atoms with van der Waals surface area (Å²) in [4.78, 5) is 0. The molecular weight excluding hydrogens is 150 g/mol. The molecule has 2 nitrogen and oxygen atoms in total. The Balaban J connectivity index is 1.86. The summed E-state index contributed by atoms with van der Waals surface area (Å²) in [6.07, 6.45) is 5.75. The van der Waals surface area contributed by atoms with Crippen LogP contribution in [0, 0.1) is 11.3 Å². The maximum absolute atomic E-state index is 5.75. The van der Waals surface area contributed by atoms with E-state index in [2.05, 4.69) is 6.92 Å². The van der Waals surface area contributed by atoms with E-state index in [0.29, 0.717) is 11.5 Å². The van der Waals surface area contributed by atoms with Gasteiger partial charge in [-0.1, -0.05) is 0 Å². The molecule has 2 atom stereocenters. The second kappa shape index (κ2) is 3.00. The molecule has 0 aromatic rings. The molecule has 2 heteroatoms. The molecule has 0 amide bonds. The summed E-state index contributed by atoms with van der Waals surface area (Å²) in [5.74, 6) is 0.788. The van der Waals surface area contributed by atoms with Crippen LogP contribution in [0.15, 0.2) is 0 Å². The van der Waals surface area contributed by atoms with Crippen molar-refractivity contribution in [2.75, 3.05) is 13.2 Å². The third kappa shape index (κ3) is 1.50. The van der Waals surface area contributed by atoms with Crippen LogP contribution >= 0.6 is 0 Å². The summed E-state index contributed by atoms with van der Waals surface area (Å²) >= 11 is 0. The average molecular weight is 169 g/mol. The minimum absolute atomic E-state index is 0.481. The highest BCUT2D eigenvalue weighted by atomic mass is 16.5. The van der Waals surface area contributed by atoms with Crippen molar-refractivity contribution in [3.63, 3.8) is 0 Å². The van der Waals surface area contributed by atoms with Crippen molar-refractivity contribution in [2.45, 2.75) is 38.7 Å². The molecule has 2 rings (SSSR count). The summed E-state index contributed by atoms with van der Waals surface area (Å²) in [5.41, 5.74) is 6.29. The second-order valence-electron chi connectivity index (χ2n) is 4.53. The van der Waals surface area contributed by atoms with Crippen LogP contribution in [0.2, 0.25) is 0 Å². The van der Waals surface area contributed by atoms with Gasteiger partial charge >= 0.3 is 0 Å². The zero-order chi connectivity index (χ0) is 8.60. The number of ether oxygens (including phenoxy) is 1. The fourth-order valence-corrected chi connectivity index (χ4v) is 2.27. The topological polar surface area (TPSA) is 35.2 Å². The largest absolute Gasteiger partial charge is 0.378 e. The Morgan fingerprint density at radius 1 is 1.50 bits per heavy atom. The quantitative estimate of drug-likeness (QED) is 0.695. The smallest absolute Gasteiger partial charge is 0.0576 e. The van der Waals surface area contributed by atoms with E-state index in [1.54, 1.807) is 0 Å². The van der Waals surface area contributed by atoms with E-state index in [1.807, 2.05) is 0 Å². The Morgan fingerprint density at radius 2 is 2.25 bits per heavy atom. The molecule has 2 N–H and O–H groups in total. The van der Waals surface area contributed by atoms with Crippen LogP contribution in [0.25, 0.3) is 0 Å². The fourth-order valence-electron chi connectivity index (χ4n) is 2.27. The molecule has 0 aromatic heterocycles. The van der Waals surface area contributed by atoms with Gasteiger partial charge in [-0.3, -0.25) is 0 Å². The fraction of sp³-hybridized carbons (Fsp3) is 1.00. The third-order valence-electron chi connectivity index (χ3n) is 3.62. The van der Waals surface area contributed by atoms with E-state index < -0.39 is 0 Å². The van der Waals surface area contributed by atoms with Crippen molar-refractivity contribution >= 4 is 0 Å². The van der Waals surface area contributed by atoms with Crippen LogP contribution < -0.4 is 5.73 Å². The molecule has 0 aromatic carbocycles. The standard InChI is InChI=1S/C10H19NO/c1-8-9(2-5-12-8)6-10(7-11)3-4-10/h8-9H,2-7,11H2,1H3. The van der Waals surface area contributed by atoms with E-state index >= 15 is 0 Å². The van der Waals surface area contributed by atoms with Gasteiger partial charge in [0.2, 0.25) is 0 Å². The minimum atomic E-state index is 0.481. The first-order chi connectivity index (χ1) is 5.76. The normalized spacial score (nSPS) is 38.5. The van der Waals surface area contributed by atoms with Crippen molar-refractivity contribution < 1.29 is 4.74 Å². The van der Waals surface area contributed by atoms with Crippen molar-refractivity contribution in [3.05, 3.63) is 0 Å². The van der Waals surface area contributed by atoms with Gasteiger partial charge in [0, 0.05) is 6.61 Å². The predicted octanol–water partition coefficient (Wildman–Crippen LogP) is 1.54. The van der Waals surface area contributed by atoms with Gasteiger partial charge in [0.05, 0.1) is 6.10 Å². The number of rotatable bonds is 3. The van der Waals surface area contributed by atoms with E-state index in [9.17, 15) is 0 Å². The second-order valence-corrected chi connectivity index (χ2v) is 4.53.